The second kappa shape index (κ2) is 3.01. The van der Waals surface area contributed by atoms with Crippen molar-refractivity contribution in [1.82, 2.24) is 0 Å². The predicted molar refractivity (Wildman–Crippen MR) is 43.1 cm³/mol. The van der Waals surface area contributed by atoms with Crippen LogP contribution in [0.5, 0.6) is 0 Å². The maximum absolute atomic E-state index is 11.1. The number of Topliss-reactive ketones (excluding diaryl/α,β-unsaturated/α-hetero) is 1. The zero-order chi connectivity index (χ0) is 8.32. The van der Waals surface area contributed by atoms with Crippen molar-refractivity contribution in [1.29, 1.82) is 0 Å². The lowest BCUT2D eigenvalue weighted by Gasteiger charge is -2.25. The molecule has 0 aromatic heterocycles. The topological polar surface area (TPSA) is 37.3 Å². The second-order valence-electron chi connectivity index (χ2n) is 2.86. The second-order valence-corrected chi connectivity index (χ2v) is 2.86. The summed E-state index contributed by atoms with van der Waals surface area (Å²) in [6.07, 6.45) is 7.99. The fourth-order valence-corrected chi connectivity index (χ4v) is 1.15. The maximum Gasteiger partial charge on any atom is 0.142 e. The molecule has 60 valence electrons. The van der Waals surface area contributed by atoms with Crippen molar-refractivity contribution in [2.75, 3.05) is 6.61 Å². The lowest BCUT2D eigenvalue weighted by molar-refractivity contribution is -0.125. The highest BCUT2D eigenvalue weighted by Gasteiger charge is 2.31. The average Bonchev–Trinajstić information content (AvgIpc) is 2.05. The van der Waals surface area contributed by atoms with E-state index in [9.17, 15) is 4.79 Å². The van der Waals surface area contributed by atoms with Crippen LogP contribution in [0.25, 0.3) is 0 Å². The van der Waals surface area contributed by atoms with Gasteiger partial charge < -0.3 is 5.11 Å². The molecule has 1 rings (SSSR count). The molecule has 0 saturated carbocycles. The minimum atomic E-state index is -0.630. The van der Waals surface area contributed by atoms with E-state index in [0.717, 1.165) is 0 Å². The molecule has 0 fully saturated rings. The Bertz CT molecular complexity index is 216. The molecule has 0 bridgehead atoms. The van der Waals surface area contributed by atoms with Crippen LogP contribution in [0.3, 0.4) is 0 Å². The van der Waals surface area contributed by atoms with Gasteiger partial charge in [0.25, 0.3) is 0 Å². The Morgan fingerprint density at radius 2 is 2.36 bits per heavy atom. The summed E-state index contributed by atoms with van der Waals surface area (Å²) in [6.45, 7) is 1.42. The molecule has 1 atom stereocenters. The van der Waals surface area contributed by atoms with Crippen LogP contribution >= 0.6 is 0 Å². The molecule has 0 aliphatic heterocycles. The number of carbonyl (C=O) groups is 1. The van der Waals surface area contributed by atoms with E-state index in [2.05, 4.69) is 0 Å². The normalized spacial score (nSPS) is 28.9. The van der Waals surface area contributed by atoms with Gasteiger partial charge in [0.2, 0.25) is 0 Å². The van der Waals surface area contributed by atoms with Crippen LogP contribution in [0.1, 0.15) is 13.3 Å². The van der Waals surface area contributed by atoms with Gasteiger partial charge in [-0.15, -0.1) is 0 Å². The van der Waals surface area contributed by atoms with Gasteiger partial charge in [-0.3, -0.25) is 4.79 Å². The highest BCUT2D eigenvalue weighted by Crippen LogP contribution is 2.27. The van der Waals surface area contributed by atoms with Crippen LogP contribution in [-0.2, 0) is 4.79 Å². The lowest BCUT2D eigenvalue weighted by atomic mass is 9.79. The first-order chi connectivity index (χ1) is 5.21. The Kier molecular flexibility index (Phi) is 2.25. The Labute approximate surface area is 66.2 Å². The summed E-state index contributed by atoms with van der Waals surface area (Å²) in [7, 11) is 0. The summed E-state index contributed by atoms with van der Waals surface area (Å²) < 4.78 is 0. The quantitative estimate of drug-likeness (QED) is 0.642. The third-order valence-electron chi connectivity index (χ3n) is 2.13. The van der Waals surface area contributed by atoms with E-state index >= 15 is 0 Å². The van der Waals surface area contributed by atoms with E-state index in [1.807, 2.05) is 12.2 Å². The summed E-state index contributed by atoms with van der Waals surface area (Å²) in [4.78, 5) is 11.1. The number of aliphatic hydroxyl groups excluding tert-OH is 1. The Balaban J connectivity index is 2.85. The highest BCUT2D eigenvalue weighted by molar-refractivity contribution is 5.85. The summed E-state index contributed by atoms with van der Waals surface area (Å²) in [5.74, 6) is 0.0283. The van der Waals surface area contributed by atoms with Crippen LogP contribution in [0.15, 0.2) is 24.3 Å². The molecule has 1 aliphatic carbocycles. The molecule has 1 unspecified atom stereocenters. The van der Waals surface area contributed by atoms with Crippen LogP contribution < -0.4 is 0 Å². The van der Waals surface area contributed by atoms with Crippen LogP contribution in [0, 0.1) is 5.41 Å². The molecule has 1 aliphatic rings. The molecule has 0 spiro atoms. The monoisotopic (exact) mass is 152 g/mol. The van der Waals surface area contributed by atoms with Gasteiger partial charge in [-0.2, -0.15) is 0 Å². The minimum Gasteiger partial charge on any atom is -0.395 e. The fourth-order valence-electron chi connectivity index (χ4n) is 1.15. The Morgan fingerprint density at radius 3 is 2.64 bits per heavy atom. The molecular weight excluding hydrogens is 140 g/mol. The summed E-state index contributed by atoms with van der Waals surface area (Å²) in [6, 6.07) is 0. The number of hydrogen-bond donors (Lipinski definition) is 1. The van der Waals surface area contributed by atoms with Gasteiger partial charge in [0.15, 0.2) is 0 Å². The van der Waals surface area contributed by atoms with E-state index in [4.69, 9.17) is 5.11 Å². The van der Waals surface area contributed by atoms with E-state index in [0.29, 0.717) is 6.42 Å². The van der Waals surface area contributed by atoms with Crippen molar-refractivity contribution in [3.8, 4) is 0 Å². The van der Waals surface area contributed by atoms with Gasteiger partial charge in [0.1, 0.15) is 5.78 Å². The number of aliphatic hydroxyl groups is 1. The Hall–Kier alpha value is -0.890. The molecule has 0 amide bonds. The zero-order valence-corrected chi connectivity index (χ0v) is 6.58. The molecule has 2 heteroatoms. The first-order valence-corrected chi connectivity index (χ1v) is 3.67. The third kappa shape index (κ3) is 1.40. The first-order valence-electron chi connectivity index (χ1n) is 3.67. The van der Waals surface area contributed by atoms with Crippen molar-refractivity contribution in [3.05, 3.63) is 24.3 Å². The minimum absolute atomic E-state index is 0.0283. The summed E-state index contributed by atoms with van der Waals surface area (Å²) >= 11 is 0. The maximum atomic E-state index is 11.1. The van der Waals surface area contributed by atoms with Gasteiger partial charge in [-0.05, 0) is 13.3 Å². The van der Waals surface area contributed by atoms with Crippen molar-refractivity contribution < 1.29 is 9.90 Å². The van der Waals surface area contributed by atoms with Crippen molar-refractivity contribution in [3.63, 3.8) is 0 Å². The number of hydrogen-bond acceptors (Lipinski definition) is 2. The number of rotatable bonds is 2. The molecule has 0 heterocycles. The lowest BCUT2D eigenvalue weighted by Crippen LogP contribution is -2.31. The van der Waals surface area contributed by atoms with E-state index in [1.54, 1.807) is 12.2 Å². The largest absolute Gasteiger partial charge is 0.395 e. The molecule has 0 aromatic rings. The standard InChI is InChI=1S/C9H12O2/c1-8(11)9(7-10)5-3-2-4-6-9/h2-5,10H,6-7H2,1H3. The number of allylic oxidation sites excluding steroid dienone is 3. The van der Waals surface area contributed by atoms with Gasteiger partial charge in [-0.25, -0.2) is 0 Å². The van der Waals surface area contributed by atoms with Gasteiger partial charge >= 0.3 is 0 Å². The molecule has 0 saturated heterocycles. The number of ketones is 1. The summed E-state index contributed by atoms with van der Waals surface area (Å²) in [5.41, 5.74) is -0.630. The molecule has 0 aromatic carbocycles. The van der Waals surface area contributed by atoms with E-state index in [-0.39, 0.29) is 12.4 Å². The molecule has 0 radical (unpaired) electrons. The number of carbonyl (C=O) groups excluding carboxylic acids is 1. The SMILES string of the molecule is CC(=O)C1(CO)C=CC=CC1. The average molecular weight is 152 g/mol. The summed E-state index contributed by atoms with van der Waals surface area (Å²) in [5, 5.41) is 9.01. The Morgan fingerprint density at radius 1 is 1.64 bits per heavy atom. The molecular formula is C9H12O2. The van der Waals surface area contributed by atoms with Crippen LogP contribution in [-0.4, -0.2) is 17.5 Å². The smallest absolute Gasteiger partial charge is 0.142 e. The fraction of sp³-hybridized carbons (Fsp3) is 0.444. The molecule has 11 heavy (non-hydrogen) atoms. The predicted octanol–water partition coefficient (Wildman–Crippen LogP) is 1.07. The van der Waals surface area contributed by atoms with E-state index in [1.165, 1.54) is 6.92 Å². The van der Waals surface area contributed by atoms with Gasteiger partial charge in [0, 0.05) is 0 Å². The van der Waals surface area contributed by atoms with Crippen molar-refractivity contribution >= 4 is 5.78 Å². The van der Waals surface area contributed by atoms with Crippen LogP contribution in [0.4, 0.5) is 0 Å². The van der Waals surface area contributed by atoms with Crippen molar-refractivity contribution in [2.45, 2.75) is 13.3 Å². The first kappa shape index (κ1) is 8.21. The molecule has 1 N–H and O–H groups in total. The van der Waals surface area contributed by atoms with Gasteiger partial charge in [0.05, 0.1) is 12.0 Å². The molecule has 2 nitrogen and oxygen atoms in total. The van der Waals surface area contributed by atoms with Crippen molar-refractivity contribution in [2.24, 2.45) is 5.41 Å². The zero-order valence-electron chi connectivity index (χ0n) is 6.58. The van der Waals surface area contributed by atoms with E-state index < -0.39 is 5.41 Å². The third-order valence-corrected chi connectivity index (χ3v) is 2.13. The highest BCUT2D eigenvalue weighted by atomic mass is 16.3. The van der Waals surface area contributed by atoms with Gasteiger partial charge in [-0.1, -0.05) is 24.3 Å². The van der Waals surface area contributed by atoms with Crippen LogP contribution in [0.2, 0.25) is 0 Å².